The first kappa shape index (κ1) is 13.1. The van der Waals surface area contributed by atoms with Crippen molar-refractivity contribution < 1.29 is 14.3 Å². The second-order valence-electron chi connectivity index (χ2n) is 3.94. The van der Waals surface area contributed by atoms with Crippen molar-refractivity contribution in [1.82, 2.24) is 0 Å². The number of rotatable bonds is 6. The first-order valence-electron chi connectivity index (χ1n) is 5.47. The predicted octanol–water partition coefficient (Wildman–Crippen LogP) is 2.17. The molecule has 4 heteroatoms. The van der Waals surface area contributed by atoms with Crippen LogP contribution in [0.2, 0.25) is 0 Å². The molecule has 0 heterocycles. The van der Waals surface area contributed by atoms with E-state index in [0.717, 1.165) is 25.7 Å². The molecule has 0 radical (unpaired) electrons. The highest BCUT2D eigenvalue weighted by molar-refractivity contribution is 9.09. The SMILES string of the molecule is COCCOC1CCC(C(=O)CBr)CC1. The van der Waals surface area contributed by atoms with E-state index in [4.69, 9.17) is 9.47 Å². The zero-order chi connectivity index (χ0) is 11.1. The Balaban J connectivity index is 2.15. The molecule has 0 N–H and O–H groups in total. The highest BCUT2D eigenvalue weighted by Gasteiger charge is 2.25. The average molecular weight is 279 g/mol. The fourth-order valence-electron chi connectivity index (χ4n) is 1.96. The molecule has 0 aromatic heterocycles. The van der Waals surface area contributed by atoms with Gasteiger partial charge < -0.3 is 9.47 Å². The Labute approximate surface area is 99.6 Å². The molecule has 1 aliphatic rings. The molecule has 15 heavy (non-hydrogen) atoms. The van der Waals surface area contributed by atoms with E-state index >= 15 is 0 Å². The van der Waals surface area contributed by atoms with Crippen LogP contribution in [0.3, 0.4) is 0 Å². The van der Waals surface area contributed by atoms with E-state index in [9.17, 15) is 4.79 Å². The summed E-state index contributed by atoms with van der Waals surface area (Å²) < 4.78 is 10.6. The van der Waals surface area contributed by atoms with Crippen LogP contribution in [0.15, 0.2) is 0 Å². The Morgan fingerprint density at radius 3 is 2.47 bits per heavy atom. The van der Waals surface area contributed by atoms with Crippen LogP contribution < -0.4 is 0 Å². The molecule has 1 rings (SSSR count). The molecule has 3 nitrogen and oxygen atoms in total. The highest BCUT2D eigenvalue weighted by Crippen LogP contribution is 2.27. The van der Waals surface area contributed by atoms with Crippen LogP contribution in [0.1, 0.15) is 25.7 Å². The van der Waals surface area contributed by atoms with Gasteiger partial charge in [-0.1, -0.05) is 15.9 Å². The van der Waals surface area contributed by atoms with Crippen LogP contribution in [-0.4, -0.2) is 37.5 Å². The van der Waals surface area contributed by atoms with E-state index in [1.807, 2.05) is 0 Å². The topological polar surface area (TPSA) is 35.5 Å². The van der Waals surface area contributed by atoms with Crippen LogP contribution in [0.25, 0.3) is 0 Å². The van der Waals surface area contributed by atoms with Crippen molar-refractivity contribution in [3.05, 3.63) is 0 Å². The smallest absolute Gasteiger partial charge is 0.146 e. The van der Waals surface area contributed by atoms with Crippen molar-refractivity contribution in [3.63, 3.8) is 0 Å². The van der Waals surface area contributed by atoms with Crippen molar-refractivity contribution in [2.24, 2.45) is 5.92 Å². The van der Waals surface area contributed by atoms with Gasteiger partial charge in [0.25, 0.3) is 0 Å². The van der Waals surface area contributed by atoms with Crippen molar-refractivity contribution in [2.45, 2.75) is 31.8 Å². The van der Waals surface area contributed by atoms with E-state index in [1.165, 1.54) is 0 Å². The minimum Gasteiger partial charge on any atom is -0.382 e. The van der Waals surface area contributed by atoms with Gasteiger partial charge in [-0.2, -0.15) is 0 Å². The Morgan fingerprint density at radius 1 is 1.27 bits per heavy atom. The zero-order valence-electron chi connectivity index (χ0n) is 9.21. The molecular weight excluding hydrogens is 260 g/mol. The van der Waals surface area contributed by atoms with Crippen LogP contribution in [0.5, 0.6) is 0 Å². The maximum absolute atomic E-state index is 11.4. The summed E-state index contributed by atoms with van der Waals surface area (Å²) in [4.78, 5) is 11.4. The van der Waals surface area contributed by atoms with Gasteiger partial charge in [0, 0.05) is 13.0 Å². The molecule has 0 aliphatic heterocycles. The summed E-state index contributed by atoms with van der Waals surface area (Å²) in [6.07, 6.45) is 4.30. The van der Waals surface area contributed by atoms with Crippen molar-refractivity contribution in [3.8, 4) is 0 Å². The van der Waals surface area contributed by atoms with Crippen LogP contribution in [-0.2, 0) is 14.3 Å². The summed E-state index contributed by atoms with van der Waals surface area (Å²) in [5.74, 6) is 0.594. The second-order valence-corrected chi connectivity index (χ2v) is 4.50. The van der Waals surface area contributed by atoms with Gasteiger partial charge >= 0.3 is 0 Å². The number of hydrogen-bond acceptors (Lipinski definition) is 3. The lowest BCUT2D eigenvalue weighted by molar-refractivity contribution is -0.122. The van der Waals surface area contributed by atoms with Gasteiger partial charge in [-0.25, -0.2) is 0 Å². The third-order valence-electron chi connectivity index (χ3n) is 2.90. The fraction of sp³-hybridized carbons (Fsp3) is 0.909. The molecule has 0 amide bonds. The Morgan fingerprint density at radius 2 is 1.93 bits per heavy atom. The molecule has 1 aliphatic carbocycles. The van der Waals surface area contributed by atoms with Gasteiger partial charge in [-0.3, -0.25) is 4.79 Å². The quantitative estimate of drug-likeness (QED) is 0.552. The maximum atomic E-state index is 11.4. The standard InChI is InChI=1S/C11H19BrO3/c1-14-6-7-15-10-4-2-9(3-5-10)11(13)8-12/h9-10H,2-8H2,1H3. The summed E-state index contributed by atoms with van der Waals surface area (Å²) in [6, 6.07) is 0. The fourth-order valence-corrected chi connectivity index (χ4v) is 2.42. The van der Waals surface area contributed by atoms with E-state index in [-0.39, 0.29) is 5.92 Å². The number of alkyl halides is 1. The molecule has 0 bridgehead atoms. The van der Waals surface area contributed by atoms with Crippen molar-refractivity contribution >= 4 is 21.7 Å². The first-order valence-corrected chi connectivity index (χ1v) is 6.59. The van der Waals surface area contributed by atoms with Gasteiger partial charge in [0.2, 0.25) is 0 Å². The number of methoxy groups -OCH3 is 1. The number of Topliss-reactive ketones (excluding diaryl/α,β-unsaturated/α-hetero) is 1. The molecule has 88 valence electrons. The van der Waals surface area contributed by atoms with E-state index in [1.54, 1.807) is 7.11 Å². The molecule has 0 spiro atoms. The van der Waals surface area contributed by atoms with Crippen molar-refractivity contribution in [2.75, 3.05) is 25.7 Å². The molecule has 0 atom stereocenters. The molecule has 0 unspecified atom stereocenters. The summed E-state index contributed by atoms with van der Waals surface area (Å²) in [7, 11) is 1.68. The molecule has 1 saturated carbocycles. The van der Waals surface area contributed by atoms with Crippen LogP contribution in [0, 0.1) is 5.92 Å². The minimum atomic E-state index is 0.256. The zero-order valence-corrected chi connectivity index (χ0v) is 10.8. The lowest BCUT2D eigenvalue weighted by Gasteiger charge is -2.27. The number of ketones is 1. The molecule has 0 saturated heterocycles. The lowest BCUT2D eigenvalue weighted by atomic mass is 9.85. The molecule has 0 aromatic rings. The minimum absolute atomic E-state index is 0.256. The largest absolute Gasteiger partial charge is 0.382 e. The Hall–Kier alpha value is 0.0700. The highest BCUT2D eigenvalue weighted by atomic mass is 79.9. The third kappa shape index (κ3) is 4.62. The predicted molar refractivity (Wildman–Crippen MR) is 62.4 cm³/mol. The number of hydrogen-bond donors (Lipinski definition) is 0. The molecule has 1 fully saturated rings. The van der Waals surface area contributed by atoms with Gasteiger partial charge in [0.05, 0.1) is 24.6 Å². The summed E-state index contributed by atoms with van der Waals surface area (Å²) in [5.41, 5.74) is 0. The van der Waals surface area contributed by atoms with Crippen LogP contribution in [0.4, 0.5) is 0 Å². The Kier molecular flexibility index (Phi) is 6.45. The molecule has 0 aromatic carbocycles. The number of halogens is 1. The Bertz CT molecular complexity index is 188. The van der Waals surface area contributed by atoms with Gasteiger partial charge in [0.1, 0.15) is 5.78 Å². The second kappa shape index (κ2) is 7.36. The van der Waals surface area contributed by atoms with Crippen LogP contribution >= 0.6 is 15.9 Å². The summed E-state index contributed by atoms with van der Waals surface area (Å²) in [6.45, 7) is 1.32. The summed E-state index contributed by atoms with van der Waals surface area (Å²) in [5, 5.41) is 0.493. The van der Waals surface area contributed by atoms with E-state index in [0.29, 0.717) is 30.4 Å². The number of ether oxygens (including phenoxy) is 2. The molecular formula is C11H19BrO3. The summed E-state index contributed by atoms with van der Waals surface area (Å²) >= 11 is 3.22. The number of carbonyl (C=O) groups is 1. The van der Waals surface area contributed by atoms with Crippen molar-refractivity contribution in [1.29, 1.82) is 0 Å². The van der Waals surface area contributed by atoms with Gasteiger partial charge in [-0.05, 0) is 25.7 Å². The first-order chi connectivity index (χ1) is 7.27. The number of carbonyl (C=O) groups excluding carboxylic acids is 1. The van der Waals surface area contributed by atoms with Gasteiger partial charge in [-0.15, -0.1) is 0 Å². The van der Waals surface area contributed by atoms with E-state index in [2.05, 4.69) is 15.9 Å². The lowest BCUT2D eigenvalue weighted by Crippen LogP contribution is -2.27. The maximum Gasteiger partial charge on any atom is 0.146 e. The van der Waals surface area contributed by atoms with E-state index < -0.39 is 0 Å². The third-order valence-corrected chi connectivity index (χ3v) is 3.45. The normalized spacial score (nSPS) is 26.5. The average Bonchev–Trinajstić information content (AvgIpc) is 2.29. The monoisotopic (exact) mass is 278 g/mol. The van der Waals surface area contributed by atoms with Gasteiger partial charge in [0.15, 0.2) is 0 Å².